The van der Waals surface area contributed by atoms with Crippen molar-refractivity contribution in [3.8, 4) is 5.75 Å². The van der Waals surface area contributed by atoms with Crippen LogP contribution in [-0.4, -0.2) is 15.1 Å². The monoisotopic (exact) mass is 160 g/mol. The van der Waals surface area contributed by atoms with Crippen LogP contribution in [0.25, 0.3) is 10.9 Å². The highest BCUT2D eigenvalue weighted by Crippen LogP contribution is 2.23. The van der Waals surface area contributed by atoms with Gasteiger partial charge in [-0.3, -0.25) is 0 Å². The van der Waals surface area contributed by atoms with E-state index in [9.17, 15) is 5.11 Å². The summed E-state index contributed by atoms with van der Waals surface area (Å²) in [7, 11) is 0. The van der Waals surface area contributed by atoms with Gasteiger partial charge in [-0.2, -0.15) is 0 Å². The van der Waals surface area contributed by atoms with E-state index in [1.165, 1.54) is 6.33 Å². The summed E-state index contributed by atoms with van der Waals surface area (Å²) in [5.74, 6) is 0.289. The second kappa shape index (κ2) is 2.44. The van der Waals surface area contributed by atoms with Crippen molar-refractivity contribution in [1.29, 1.82) is 0 Å². The van der Waals surface area contributed by atoms with Gasteiger partial charge < -0.3 is 5.11 Å². The van der Waals surface area contributed by atoms with E-state index in [1.807, 2.05) is 6.92 Å². The minimum atomic E-state index is 0.289. The van der Waals surface area contributed by atoms with Crippen molar-refractivity contribution in [3.63, 3.8) is 0 Å². The number of aromatic hydroxyl groups is 1. The van der Waals surface area contributed by atoms with E-state index < -0.39 is 0 Å². The first-order valence-corrected chi connectivity index (χ1v) is 3.67. The number of fused-ring (bicyclic) bond motifs is 1. The van der Waals surface area contributed by atoms with Crippen molar-refractivity contribution in [3.05, 3.63) is 30.2 Å². The van der Waals surface area contributed by atoms with Crippen LogP contribution in [0.5, 0.6) is 5.75 Å². The largest absolute Gasteiger partial charge is 0.508 e. The number of aromatic nitrogens is 2. The van der Waals surface area contributed by atoms with Gasteiger partial charge in [0.2, 0.25) is 0 Å². The lowest BCUT2D eigenvalue weighted by atomic mass is 10.1. The van der Waals surface area contributed by atoms with Gasteiger partial charge in [-0.1, -0.05) is 0 Å². The fourth-order valence-corrected chi connectivity index (χ4v) is 1.18. The number of benzene rings is 1. The number of aryl methyl sites for hydroxylation is 1. The van der Waals surface area contributed by atoms with Crippen molar-refractivity contribution < 1.29 is 5.11 Å². The topological polar surface area (TPSA) is 46.0 Å². The molecule has 12 heavy (non-hydrogen) atoms. The average molecular weight is 160 g/mol. The Morgan fingerprint density at radius 2 is 2.17 bits per heavy atom. The normalized spacial score (nSPS) is 10.4. The third-order valence-electron chi connectivity index (χ3n) is 1.93. The summed E-state index contributed by atoms with van der Waals surface area (Å²) >= 11 is 0. The number of rotatable bonds is 0. The van der Waals surface area contributed by atoms with Gasteiger partial charge in [0.05, 0.1) is 5.52 Å². The van der Waals surface area contributed by atoms with Gasteiger partial charge in [-0.05, 0) is 19.1 Å². The van der Waals surface area contributed by atoms with E-state index in [4.69, 9.17) is 0 Å². The van der Waals surface area contributed by atoms with E-state index in [-0.39, 0.29) is 5.75 Å². The van der Waals surface area contributed by atoms with Crippen molar-refractivity contribution in [2.45, 2.75) is 6.92 Å². The molecular weight excluding hydrogens is 152 g/mol. The van der Waals surface area contributed by atoms with Crippen LogP contribution < -0.4 is 0 Å². The molecule has 0 amide bonds. The summed E-state index contributed by atoms with van der Waals surface area (Å²) in [5, 5.41) is 10.3. The Morgan fingerprint density at radius 3 is 3.00 bits per heavy atom. The van der Waals surface area contributed by atoms with Crippen molar-refractivity contribution in [2.24, 2.45) is 0 Å². The van der Waals surface area contributed by atoms with Gasteiger partial charge in [0.15, 0.2) is 0 Å². The van der Waals surface area contributed by atoms with Crippen LogP contribution in [0, 0.1) is 6.92 Å². The van der Waals surface area contributed by atoms with Crippen LogP contribution >= 0.6 is 0 Å². The van der Waals surface area contributed by atoms with Gasteiger partial charge >= 0.3 is 0 Å². The summed E-state index contributed by atoms with van der Waals surface area (Å²) in [4.78, 5) is 7.95. The zero-order chi connectivity index (χ0) is 8.55. The molecule has 0 bridgehead atoms. The minimum Gasteiger partial charge on any atom is -0.508 e. The first kappa shape index (κ1) is 7.03. The van der Waals surface area contributed by atoms with Crippen LogP contribution in [0.1, 0.15) is 5.56 Å². The van der Waals surface area contributed by atoms with E-state index in [2.05, 4.69) is 9.97 Å². The molecule has 1 aromatic heterocycles. The van der Waals surface area contributed by atoms with E-state index in [1.54, 1.807) is 18.3 Å². The maximum Gasteiger partial charge on any atom is 0.119 e. The molecule has 0 radical (unpaired) electrons. The molecule has 0 aliphatic heterocycles. The third kappa shape index (κ3) is 0.906. The number of hydrogen-bond donors (Lipinski definition) is 1. The van der Waals surface area contributed by atoms with Crippen LogP contribution in [0.2, 0.25) is 0 Å². The maximum absolute atomic E-state index is 9.36. The number of nitrogens with zero attached hydrogens (tertiary/aromatic N) is 2. The quantitative estimate of drug-likeness (QED) is 0.637. The summed E-state index contributed by atoms with van der Waals surface area (Å²) in [6.07, 6.45) is 3.20. The van der Waals surface area contributed by atoms with E-state index >= 15 is 0 Å². The standard InChI is InChI=1S/C9H8N2O/c1-6-7-4-10-5-11-8(7)2-3-9(6)12/h2-5,12H,1H3. The molecule has 0 fully saturated rings. The van der Waals surface area contributed by atoms with Gasteiger partial charge in [0, 0.05) is 17.1 Å². The van der Waals surface area contributed by atoms with Crippen LogP contribution in [0.15, 0.2) is 24.7 Å². The van der Waals surface area contributed by atoms with Crippen LogP contribution in [-0.2, 0) is 0 Å². The molecule has 0 spiro atoms. The first-order chi connectivity index (χ1) is 5.79. The molecule has 2 rings (SSSR count). The Hall–Kier alpha value is -1.64. The molecule has 2 aromatic rings. The Morgan fingerprint density at radius 1 is 1.33 bits per heavy atom. The minimum absolute atomic E-state index is 0.289. The average Bonchev–Trinajstić information content (AvgIpc) is 2.12. The number of hydrogen-bond acceptors (Lipinski definition) is 3. The number of phenols is 1. The third-order valence-corrected chi connectivity index (χ3v) is 1.93. The zero-order valence-corrected chi connectivity index (χ0v) is 6.65. The van der Waals surface area contributed by atoms with Crippen LogP contribution in [0.4, 0.5) is 0 Å². The van der Waals surface area contributed by atoms with Crippen LogP contribution in [0.3, 0.4) is 0 Å². The second-order valence-electron chi connectivity index (χ2n) is 2.67. The predicted octanol–water partition coefficient (Wildman–Crippen LogP) is 1.64. The summed E-state index contributed by atoms with van der Waals surface area (Å²) < 4.78 is 0. The number of phenolic OH excluding ortho intramolecular Hbond substituents is 1. The smallest absolute Gasteiger partial charge is 0.119 e. The molecule has 0 saturated carbocycles. The lowest BCUT2D eigenvalue weighted by Crippen LogP contribution is -1.84. The van der Waals surface area contributed by atoms with Crippen molar-refractivity contribution >= 4 is 10.9 Å². The molecule has 0 saturated heterocycles. The Labute approximate surface area is 69.7 Å². The highest BCUT2D eigenvalue weighted by atomic mass is 16.3. The van der Waals surface area contributed by atoms with Crippen molar-refractivity contribution in [2.75, 3.05) is 0 Å². The summed E-state index contributed by atoms with van der Waals surface area (Å²) in [6.45, 7) is 1.85. The van der Waals surface area contributed by atoms with Gasteiger partial charge in [0.25, 0.3) is 0 Å². The lowest BCUT2D eigenvalue weighted by Gasteiger charge is -2.01. The highest BCUT2D eigenvalue weighted by Gasteiger charge is 2.01. The van der Waals surface area contributed by atoms with E-state index in [0.717, 1.165) is 16.5 Å². The SMILES string of the molecule is Cc1c(O)ccc2ncncc12. The summed E-state index contributed by atoms with van der Waals surface area (Å²) in [6, 6.07) is 3.42. The molecule has 0 atom stereocenters. The Balaban J connectivity index is 2.91. The van der Waals surface area contributed by atoms with Crippen molar-refractivity contribution in [1.82, 2.24) is 9.97 Å². The fraction of sp³-hybridized carbons (Fsp3) is 0.111. The Bertz CT molecular complexity index is 426. The molecule has 60 valence electrons. The molecule has 0 unspecified atom stereocenters. The molecule has 1 N–H and O–H groups in total. The first-order valence-electron chi connectivity index (χ1n) is 3.67. The van der Waals surface area contributed by atoms with E-state index in [0.29, 0.717) is 0 Å². The lowest BCUT2D eigenvalue weighted by molar-refractivity contribution is 0.472. The van der Waals surface area contributed by atoms with Gasteiger partial charge in [0.1, 0.15) is 12.1 Å². The Kier molecular flexibility index (Phi) is 1.43. The second-order valence-corrected chi connectivity index (χ2v) is 2.67. The highest BCUT2D eigenvalue weighted by molar-refractivity contribution is 5.83. The summed E-state index contributed by atoms with van der Waals surface area (Å²) in [5.41, 5.74) is 1.69. The molecule has 0 aliphatic rings. The molecule has 3 heteroatoms. The molecule has 1 heterocycles. The zero-order valence-electron chi connectivity index (χ0n) is 6.65. The fourth-order valence-electron chi connectivity index (χ4n) is 1.18. The van der Waals surface area contributed by atoms with Gasteiger partial charge in [-0.25, -0.2) is 9.97 Å². The predicted molar refractivity (Wildman–Crippen MR) is 45.9 cm³/mol. The maximum atomic E-state index is 9.36. The molecular formula is C9H8N2O. The molecule has 0 aliphatic carbocycles. The molecule has 1 aromatic carbocycles. The molecule has 3 nitrogen and oxygen atoms in total. The van der Waals surface area contributed by atoms with Gasteiger partial charge in [-0.15, -0.1) is 0 Å².